The molecule has 4 saturated carbocycles. The molecule has 0 heterocycles. The van der Waals surface area contributed by atoms with Crippen LogP contribution >= 0.6 is 0 Å². The Labute approximate surface area is 170 Å². The maximum Gasteiger partial charge on any atom is 0.325 e. The Morgan fingerprint density at radius 3 is 2.28 bits per heavy atom. The lowest BCUT2D eigenvalue weighted by atomic mass is 9.53. The Bertz CT molecular complexity index is 771. The number of amides is 2. The zero-order valence-electron chi connectivity index (χ0n) is 16.7. The predicted molar refractivity (Wildman–Crippen MR) is 105 cm³/mol. The van der Waals surface area contributed by atoms with Crippen LogP contribution in [0.4, 0.5) is 0 Å². The molecular formula is C22H28N2O5. The second-order valence-electron chi connectivity index (χ2n) is 8.79. The third kappa shape index (κ3) is 4.38. The van der Waals surface area contributed by atoms with Gasteiger partial charge in [0.25, 0.3) is 11.8 Å². The molecule has 0 aromatic heterocycles. The highest BCUT2D eigenvalue weighted by Crippen LogP contribution is 2.55. The summed E-state index contributed by atoms with van der Waals surface area (Å²) in [5.74, 6) is 1.29. The highest BCUT2D eigenvalue weighted by Gasteiger charge is 2.51. The van der Waals surface area contributed by atoms with Gasteiger partial charge in [-0.25, -0.2) is 0 Å². The largest absolute Gasteiger partial charge is 0.496 e. The van der Waals surface area contributed by atoms with E-state index in [4.69, 9.17) is 9.47 Å². The van der Waals surface area contributed by atoms with Crippen LogP contribution in [-0.4, -0.2) is 43.6 Å². The van der Waals surface area contributed by atoms with E-state index in [-0.39, 0.29) is 24.6 Å². The molecule has 2 N–H and O–H groups in total. The van der Waals surface area contributed by atoms with Crippen LogP contribution in [-0.2, 0) is 14.3 Å². The Balaban J connectivity index is 1.22. The quantitative estimate of drug-likeness (QED) is 0.684. The van der Waals surface area contributed by atoms with Gasteiger partial charge in [-0.1, -0.05) is 12.1 Å². The summed E-state index contributed by atoms with van der Waals surface area (Å²) in [6.45, 7) is -0.618. The number of hydrogen-bond donors (Lipinski definition) is 2. The summed E-state index contributed by atoms with van der Waals surface area (Å²) >= 11 is 0. The lowest BCUT2D eigenvalue weighted by Gasteiger charge is -2.56. The maximum absolute atomic E-state index is 12.4. The first kappa shape index (κ1) is 19.7. The minimum atomic E-state index is -0.645. The van der Waals surface area contributed by atoms with Gasteiger partial charge in [-0.05, 0) is 68.4 Å². The van der Waals surface area contributed by atoms with Gasteiger partial charge in [0, 0.05) is 5.54 Å². The standard InChI is InChI=1S/C22H28N2O5/c1-28-18-5-3-2-4-17(18)21(27)23-12-20(26)29-13-19(25)24-22-9-14-6-15(10-22)8-16(7-14)11-22/h2-5,14-16H,6-13H2,1H3,(H,23,27)(H,24,25). The van der Waals surface area contributed by atoms with Crippen LogP contribution < -0.4 is 15.4 Å². The Kier molecular flexibility index (Phi) is 5.48. The SMILES string of the molecule is COc1ccccc1C(=O)NCC(=O)OCC(=O)NC12CC3CC(CC(C3)C1)C2. The smallest absolute Gasteiger partial charge is 0.325 e. The molecule has 4 aliphatic rings. The second kappa shape index (κ2) is 8.05. The van der Waals surface area contributed by atoms with Crippen molar-refractivity contribution in [3.8, 4) is 5.75 Å². The molecule has 0 spiro atoms. The number of ether oxygens (including phenoxy) is 2. The molecule has 0 atom stereocenters. The summed E-state index contributed by atoms with van der Waals surface area (Å²) in [5, 5.41) is 5.66. The fourth-order valence-corrected chi connectivity index (χ4v) is 5.87. The molecule has 156 valence electrons. The van der Waals surface area contributed by atoms with Crippen molar-refractivity contribution in [1.82, 2.24) is 10.6 Å². The number of hydrogen-bond acceptors (Lipinski definition) is 5. The van der Waals surface area contributed by atoms with Gasteiger partial charge in [0.15, 0.2) is 6.61 Å². The summed E-state index contributed by atoms with van der Waals surface area (Å²) in [7, 11) is 1.47. The Morgan fingerprint density at radius 2 is 1.66 bits per heavy atom. The van der Waals surface area contributed by atoms with Crippen molar-refractivity contribution < 1.29 is 23.9 Å². The van der Waals surface area contributed by atoms with Crippen molar-refractivity contribution in [3.05, 3.63) is 29.8 Å². The van der Waals surface area contributed by atoms with Crippen molar-refractivity contribution in [2.24, 2.45) is 17.8 Å². The van der Waals surface area contributed by atoms with E-state index in [0.717, 1.165) is 37.0 Å². The molecule has 0 radical (unpaired) electrons. The van der Waals surface area contributed by atoms with Gasteiger partial charge >= 0.3 is 5.97 Å². The van der Waals surface area contributed by atoms with Crippen molar-refractivity contribution in [1.29, 1.82) is 0 Å². The number of benzene rings is 1. The number of nitrogens with one attached hydrogen (secondary N) is 2. The molecule has 7 heteroatoms. The third-order valence-corrected chi connectivity index (χ3v) is 6.55. The van der Waals surface area contributed by atoms with Gasteiger partial charge in [0.1, 0.15) is 12.3 Å². The average molecular weight is 400 g/mol. The molecule has 4 fully saturated rings. The monoisotopic (exact) mass is 400 g/mol. The summed E-state index contributed by atoms with van der Waals surface area (Å²) in [5.41, 5.74) is 0.235. The third-order valence-electron chi connectivity index (χ3n) is 6.55. The van der Waals surface area contributed by atoms with Crippen molar-refractivity contribution >= 4 is 17.8 Å². The normalized spacial score (nSPS) is 29.2. The molecule has 1 aromatic rings. The van der Waals surface area contributed by atoms with E-state index in [1.165, 1.54) is 26.4 Å². The highest BCUT2D eigenvalue weighted by atomic mass is 16.5. The summed E-state index contributed by atoms with van der Waals surface area (Å²) in [4.78, 5) is 36.5. The van der Waals surface area contributed by atoms with Crippen molar-refractivity contribution in [2.45, 2.75) is 44.1 Å². The molecule has 0 aliphatic heterocycles. The van der Waals surface area contributed by atoms with Crippen molar-refractivity contribution in [2.75, 3.05) is 20.3 Å². The fourth-order valence-electron chi connectivity index (χ4n) is 5.87. The topological polar surface area (TPSA) is 93.7 Å². The lowest BCUT2D eigenvalue weighted by Crippen LogP contribution is -2.60. The number of methoxy groups -OCH3 is 1. The van der Waals surface area contributed by atoms with Crippen molar-refractivity contribution in [3.63, 3.8) is 0 Å². The first-order valence-corrected chi connectivity index (χ1v) is 10.3. The van der Waals surface area contributed by atoms with Gasteiger partial charge in [-0.3, -0.25) is 14.4 Å². The van der Waals surface area contributed by atoms with Gasteiger partial charge in [-0.2, -0.15) is 0 Å². The molecule has 4 aliphatic carbocycles. The van der Waals surface area contributed by atoms with E-state index in [1.807, 2.05) is 0 Å². The lowest BCUT2D eigenvalue weighted by molar-refractivity contribution is -0.149. The van der Waals surface area contributed by atoms with Crippen LogP contribution in [0.15, 0.2) is 24.3 Å². The fraction of sp³-hybridized carbons (Fsp3) is 0.591. The average Bonchev–Trinajstić information content (AvgIpc) is 2.69. The zero-order chi connectivity index (χ0) is 20.4. The minimum absolute atomic E-state index is 0.101. The van der Waals surface area contributed by atoms with Crippen LogP contribution in [0.5, 0.6) is 5.75 Å². The van der Waals surface area contributed by atoms with Crippen LogP contribution in [0.1, 0.15) is 48.9 Å². The van der Waals surface area contributed by atoms with Gasteiger partial charge in [0.2, 0.25) is 0 Å². The van der Waals surface area contributed by atoms with E-state index < -0.39 is 11.9 Å². The molecule has 5 rings (SSSR count). The number of para-hydroxylation sites is 1. The minimum Gasteiger partial charge on any atom is -0.496 e. The number of carbonyl (C=O) groups is 3. The summed E-state index contributed by atoms with van der Waals surface area (Å²) in [6.07, 6.45) is 7.05. The van der Waals surface area contributed by atoms with E-state index in [1.54, 1.807) is 24.3 Å². The first-order valence-electron chi connectivity index (χ1n) is 10.3. The first-order chi connectivity index (χ1) is 14.0. The predicted octanol–water partition coefficient (Wildman–Crippen LogP) is 2.05. The van der Waals surface area contributed by atoms with Gasteiger partial charge in [0.05, 0.1) is 12.7 Å². The van der Waals surface area contributed by atoms with Crippen LogP contribution in [0.3, 0.4) is 0 Å². The molecule has 0 saturated heterocycles. The van der Waals surface area contributed by atoms with E-state index in [2.05, 4.69) is 10.6 Å². The van der Waals surface area contributed by atoms with Gasteiger partial charge < -0.3 is 20.1 Å². The molecule has 7 nitrogen and oxygen atoms in total. The Hall–Kier alpha value is -2.57. The molecule has 4 bridgehead atoms. The number of rotatable bonds is 7. The van der Waals surface area contributed by atoms with E-state index in [9.17, 15) is 14.4 Å². The maximum atomic E-state index is 12.4. The zero-order valence-corrected chi connectivity index (χ0v) is 16.7. The molecule has 1 aromatic carbocycles. The van der Waals surface area contributed by atoms with Crippen LogP contribution in [0, 0.1) is 17.8 Å². The van der Waals surface area contributed by atoms with E-state index >= 15 is 0 Å². The molecule has 0 unspecified atom stereocenters. The van der Waals surface area contributed by atoms with E-state index in [0.29, 0.717) is 11.3 Å². The highest BCUT2D eigenvalue weighted by molar-refractivity contribution is 5.98. The second-order valence-corrected chi connectivity index (χ2v) is 8.79. The molecule has 2 amide bonds. The number of carbonyl (C=O) groups excluding carboxylic acids is 3. The summed E-state index contributed by atoms with van der Waals surface area (Å²) in [6, 6.07) is 6.75. The van der Waals surface area contributed by atoms with Crippen LogP contribution in [0.25, 0.3) is 0 Å². The van der Waals surface area contributed by atoms with Crippen LogP contribution in [0.2, 0.25) is 0 Å². The molecular weight excluding hydrogens is 372 g/mol. The van der Waals surface area contributed by atoms with Gasteiger partial charge in [-0.15, -0.1) is 0 Å². The number of esters is 1. The summed E-state index contributed by atoms with van der Waals surface area (Å²) < 4.78 is 10.2. The Morgan fingerprint density at radius 1 is 1.03 bits per heavy atom. The molecule has 29 heavy (non-hydrogen) atoms.